The summed E-state index contributed by atoms with van der Waals surface area (Å²) in [6.45, 7) is 0.865. The summed E-state index contributed by atoms with van der Waals surface area (Å²) in [5.41, 5.74) is 0.661. The highest BCUT2D eigenvalue weighted by molar-refractivity contribution is 5.69. The highest BCUT2D eigenvalue weighted by Gasteiger charge is 2.36. The average molecular weight is 264 g/mol. The molecule has 0 saturated heterocycles. The topological polar surface area (TPSA) is 76.0 Å². The van der Waals surface area contributed by atoms with Gasteiger partial charge in [0.25, 0.3) is 0 Å². The number of ether oxygens (including phenoxy) is 2. The third-order valence-corrected chi connectivity index (χ3v) is 3.70. The van der Waals surface area contributed by atoms with Crippen LogP contribution >= 0.6 is 0 Å². The van der Waals surface area contributed by atoms with E-state index in [2.05, 4.69) is 0 Å². The Morgan fingerprint density at radius 2 is 2.05 bits per heavy atom. The molecule has 102 valence electrons. The van der Waals surface area contributed by atoms with Crippen LogP contribution in [-0.4, -0.2) is 29.4 Å². The van der Waals surface area contributed by atoms with Crippen molar-refractivity contribution in [3.63, 3.8) is 0 Å². The molecule has 19 heavy (non-hydrogen) atoms. The number of benzene rings is 1. The monoisotopic (exact) mass is 264 g/mol. The minimum atomic E-state index is -0.841. The summed E-state index contributed by atoms with van der Waals surface area (Å²) in [5, 5.41) is 19.3. The van der Waals surface area contributed by atoms with Gasteiger partial charge in [-0.1, -0.05) is 6.07 Å². The molecule has 2 aliphatic rings. The Labute approximate surface area is 110 Å². The Hall–Kier alpha value is -1.91. The van der Waals surface area contributed by atoms with Crippen LogP contribution in [0.2, 0.25) is 0 Å². The normalized spacial score (nSPS) is 18.9. The largest absolute Gasteiger partial charge is 0.504 e. The lowest BCUT2D eigenvalue weighted by molar-refractivity contribution is -0.137. The summed E-state index contributed by atoms with van der Waals surface area (Å²) in [6, 6.07) is 3.51. The smallest absolute Gasteiger partial charge is 0.303 e. The quantitative estimate of drug-likeness (QED) is 0.871. The first kappa shape index (κ1) is 12.1. The molecule has 1 atom stereocenters. The number of hydrogen-bond donors (Lipinski definition) is 2. The summed E-state index contributed by atoms with van der Waals surface area (Å²) >= 11 is 0. The molecule has 1 unspecified atom stereocenters. The van der Waals surface area contributed by atoms with Crippen LogP contribution in [0.1, 0.15) is 30.7 Å². The van der Waals surface area contributed by atoms with Crippen molar-refractivity contribution in [2.24, 2.45) is 5.92 Å². The van der Waals surface area contributed by atoms with E-state index in [-0.39, 0.29) is 18.1 Å². The van der Waals surface area contributed by atoms with E-state index in [0.29, 0.717) is 36.2 Å². The molecule has 0 aromatic heterocycles. The number of phenols is 1. The lowest BCUT2D eigenvalue weighted by atomic mass is 9.90. The second-order valence-electron chi connectivity index (χ2n) is 5.07. The van der Waals surface area contributed by atoms with Crippen LogP contribution in [0.3, 0.4) is 0 Å². The van der Waals surface area contributed by atoms with E-state index in [1.165, 1.54) is 0 Å². The highest BCUT2D eigenvalue weighted by Crippen LogP contribution is 2.51. The zero-order valence-electron chi connectivity index (χ0n) is 10.5. The van der Waals surface area contributed by atoms with Gasteiger partial charge in [0.2, 0.25) is 5.75 Å². The van der Waals surface area contributed by atoms with Crippen LogP contribution < -0.4 is 9.47 Å². The van der Waals surface area contributed by atoms with E-state index in [4.69, 9.17) is 14.6 Å². The second-order valence-corrected chi connectivity index (χ2v) is 5.07. The molecule has 1 saturated carbocycles. The Kier molecular flexibility index (Phi) is 2.97. The van der Waals surface area contributed by atoms with Crippen molar-refractivity contribution >= 4 is 5.97 Å². The van der Waals surface area contributed by atoms with Crippen molar-refractivity contribution in [3.05, 3.63) is 17.7 Å². The van der Waals surface area contributed by atoms with Gasteiger partial charge in [0.15, 0.2) is 11.5 Å². The lowest BCUT2D eigenvalue weighted by Gasteiger charge is -2.23. The molecule has 5 heteroatoms. The maximum absolute atomic E-state index is 11.0. The van der Waals surface area contributed by atoms with Gasteiger partial charge in [-0.15, -0.1) is 0 Å². The lowest BCUT2D eigenvalue weighted by Crippen LogP contribution is -2.16. The van der Waals surface area contributed by atoms with Crippen LogP contribution in [0.4, 0.5) is 0 Å². The maximum Gasteiger partial charge on any atom is 0.303 e. The molecule has 1 aromatic rings. The van der Waals surface area contributed by atoms with Gasteiger partial charge in [-0.3, -0.25) is 4.79 Å². The van der Waals surface area contributed by atoms with Gasteiger partial charge in [-0.25, -0.2) is 0 Å². The summed E-state index contributed by atoms with van der Waals surface area (Å²) in [7, 11) is 0. The van der Waals surface area contributed by atoms with Crippen molar-refractivity contribution in [3.8, 4) is 17.2 Å². The number of rotatable bonds is 4. The highest BCUT2D eigenvalue weighted by atomic mass is 16.6. The van der Waals surface area contributed by atoms with Crippen LogP contribution in [0.5, 0.6) is 17.2 Å². The molecular weight excluding hydrogens is 248 g/mol. The average Bonchev–Trinajstić information content (AvgIpc) is 3.21. The Morgan fingerprint density at radius 3 is 2.74 bits per heavy atom. The zero-order valence-corrected chi connectivity index (χ0v) is 10.5. The van der Waals surface area contributed by atoms with E-state index in [9.17, 15) is 9.90 Å². The third kappa shape index (κ3) is 2.32. The fourth-order valence-corrected chi connectivity index (χ4v) is 2.63. The minimum absolute atomic E-state index is 0.0374. The molecule has 1 aliphatic heterocycles. The number of carboxylic acid groups (broad SMARTS) is 1. The van der Waals surface area contributed by atoms with Crippen LogP contribution in [0, 0.1) is 5.92 Å². The first-order chi connectivity index (χ1) is 9.16. The van der Waals surface area contributed by atoms with Gasteiger partial charge in [0.1, 0.15) is 13.2 Å². The van der Waals surface area contributed by atoms with Crippen molar-refractivity contribution in [1.29, 1.82) is 0 Å². The molecule has 1 heterocycles. The van der Waals surface area contributed by atoms with Gasteiger partial charge >= 0.3 is 5.97 Å². The predicted octanol–water partition coefficient (Wildman–Crippen LogP) is 2.13. The van der Waals surface area contributed by atoms with E-state index in [0.717, 1.165) is 12.8 Å². The molecule has 1 aliphatic carbocycles. The van der Waals surface area contributed by atoms with Crippen LogP contribution in [0.15, 0.2) is 12.1 Å². The fourth-order valence-electron chi connectivity index (χ4n) is 2.63. The maximum atomic E-state index is 11.0. The van der Waals surface area contributed by atoms with Gasteiger partial charge in [-0.2, -0.15) is 0 Å². The Balaban J connectivity index is 1.96. The molecule has 0 bridgehead atoms. The number of carboxylic acids is 1. The zero-order chi connectivity index (χ0) is 13.4. The number of hydrogen-bond acceptors (Lipinski definition) is 4. The van der Waals surface area contributed by atoms with Crippen LogP contribution in [0.25, 0.3) is 0 Å². The van der Waals surface area contributed by atoms with Crippen molar-refractivity contribution < 1.29 is 24.5 Å². The summed E-state index contributed by atoms with van der Waals surface area (Å²) in [5.74, 6) is 0.275. The molecule has 0 spiro atoms. The first-order valence-electron chi connectivity index (χ1n) is 6.50. The molecule has 5 nitrogen and oxygen atoms in total. The SMILES string of the molecule is O=C(O)CC(c1ccc2c(c1O)OCCO2)C1CC1. The summed E-state index contributed by atoms with van der Waals surface area (Å²) in [6.07, 6.45) is 2.08. The molecule has 0 amide bonds. The van der Waals surface area contributed by atoms with Crippen molar-refractivity contribution in [2.45, 2.75) is 25.2 Å². The molecule has 2 N–H and O–H groups in total. The van der Waals surface area contributed by atoms with Gasteiger partial charge in [0, 0.05) is 11.5 Å². The number of fused-ring (bicyclic) bond motifs is 1. The Bertz CT molecular complexity index is 507. The van der Waals surface area contributed by atoms with E-state index >= 15 is 0 Å². The standard InChI is InChI=1S/C14H16O5/c15-12(16)7-10(8-1-2-8)9-3-4-11-14(13(9)17)19-6-5-18-11/h3-4,8,10,17H,1-2,5-7H2,(H,15,16). The third-order valence-electron chi connectivity index (χ3n) is 3.70. The van der Waals surface area contributed by atoms with Gasteiger partial charge in [-0.05, 0) is 24.8 Å². The van der Waals surface area contributed by atoms with E-state index < -0.39 is 5.97 Å². The number of aromatic hydroxyl groups is 1. The molecule has 3 rings (SSSR count). The molecule has 1 fully saturated rings. The van der Waals surface area contributed by atoms with Gasteiger partial charge in [0.05, 0.1) is 6.42 Å². The number of phenolic OH excluding ortho intramolecular Hbond substituents is 1. The molecule has 0 radical (unpaired) electrons. The molecular formula is C14H16O5. The Morgan fingerprint density at radius 1 is 1.32 bits per heavy atom. The van der Waals surface area contributed by atoms with Crippen molar-refractivity contribution in [1.82, 2.24) is 0 Å². The predicted molar refractivity (Wildman–Crippen MR) is 66.8 cm³/mol. The van der Waals surface area contributed by atoms with Crippen molar-refractivity contribution in [2.75, 3.05) is 13.2 Å². The second kappa shape index (κ2) is 4.64. The molecule has 1 aromatic carbocycles. The number of carbonyl (C=O) groups is 1. The van der Waals surface area contributed by atoms with Crippen LogP contribution in [-0.2, 0) is 4.79 Å². The minimum Gasteiger partial charge on any atom is -0.504 e. The van der Waals surface area contributed by atoms with E-state index in [1.807, 2.05) is 0 Å². The number of aliphatic carboxylic acids is 1. The summed E-state index contributed by atoms with van der Waals surface area (Å²) in [4.78, 5) is 11.0. The van der Waals surface area contributed by atoms with E-state index in [1.54, 1.807) is 12.1 Å². The summed E-state index contributed by atoms with van der Waals surface area (Å²) < 4.78 is 10.8. The fraction of sp³-hybridized carbons (Fsp3) is 0.500. The van der Waals surface area contributed by atoms with Gasteiger partial charge < -0.3 is 19.7 Å². The first-order valence-corrected chi connectivity index (χ1v) is 6.50.